The van der Waals surface area contributed by atoms with Crippen LogP contribution in [0, 0.1) is 6.92 Å². The summed E-state index contributed by atoms with van der Waals surface area (Å²) >= 11 is 5.20. The molecule has 0 fully saturated rings. The highest BCUT2D eigenvalue weighted by atomic mass is 79.9. The molecule has 0 spiro atoms. The lowest BCUT2D eigenvalue weighted by molar-refractivity contribution is 0.0950. The molecule has 2 aromatic rings. The minimum absolute atomic E-state index is 0.0749. The Morgan fingerprint density at radius 1 is 1.38 bits per heavy atom. The van der Waals surface area contributed by atoms with Crippen LogP contribution in [0.5, 0.6) is 0 Å². The first-order valence-corrected chi connectivity index (χ1v) is 8.60. The fourth-order valence-corrected chi connectivity index (χ4v) is 4.35. The lowest BCUT2D eigenvalue weighted by atomic mass is 10.1. The van der Waals surface area contributed by atoms with Gasteiger partial charge in [-0.05, 0) is 55.5 Å². The highest BCUT2D eigenvalue weighted by Gasteiger charge is 2.16. The first kappa shape index (κ1) is 14.6. The molecule has 0 saturated carbocycles. The van der Waals surface area contributed by atoms with Crippen LogP contribution in [0.25, 0.3) is 0 Å². The monoisotopic (exact) mass is 364 g/mol. The molecule has 3 rings (SSSR count). The second kappa shape index (κ2) is 5.81. The van der Waals surface area contributed by atoms with E-state index in [0.29, 0.717) is 17.8 Å². The number of aryl methyl sites for hydroxylation is 2. The van der Waals surface area contributed by atoms with Gasteiger partial charge in [-0.15, -0.1) is 11.3 Å². The van der Waals surface area contributed by atoms with E-state index in [2.05, 4.69) is 27.3 Å². The third kappa shape index (κ3) is 2.99. The zero-order chi connectivity index (χ0) is 15.0. The Morgan fingerprint density at radius 2 is 2.19 bits per heavy atom. The Balaban J connectivity index is 1.71. The average molecular weight is 365 g/mol. The smallest absolute Gasteiger partial charge is 0.251 e. The number of carbonyl (C=O) groups excluding carboxylic acids is 1. The van der Waals surface area contributed by atoms with Gasteiger partial charge in [0.05, 0.1) is 6.54 Å². The number of halogens is 1. The molecule has 0 bridgehead atoms. The van der Waals surface area contributed by atoms with Crippen molar-refractivity contribution in [3.63, 3.8) is 0 Å². The van der Waals surface area contributed by atoms with Crippen molar-refractivity contribution in [3.05, 3.63) is 49.1 Å². The highest BCUT2D eigenvalue weighted by molar-refractivity contribution is 9.10. The molecule has 0 saturated heterocycles. The zero-order valence-electron chi connectivity index (χ0n) is 11.8. The molecule has 1 aliphatic rings. The molecule has 0 unspecified atom stereocenters. The van der Waals surface area contributed by atoms with Gasteiger partial charge in [0, 0.05) is 25.5 Å². The summed E-state index contributed by atoms with van der Waals surface area (Å²) in [5.41, 5.74) is 9.46. The van der Waals surface area contributed by atoms with E-state index in [1.807, 2.05) is 30.4 Å². The van der Waals surface area contributed by atoms with Crippen LogP contribution in [0.2, 0.25) is 0 Å². The summed E-state index contributed by atoms with van der Waals surface area (Å²) in [7, 11) is 0. The van der Waals surface area contributed by atoms with E-state index < -0.39 is 0 Å². The van der Waals surface area contributed by atoms with E-state index in [-0.39, 0.29) is 5.91 Å². The third-order valence-corrected chi connectivity index (χ3v) is 5.57. The molecule has 1 heterocycles. The van der Waals surface area contributed by atoms with E-state index in [1.54, 1.807) is 0 Å². The molecule has 110 valence electrons. The summed E-state index contributed by atoms with van der Waals surface area (Å²) in [4.78, 5) is 15.1. The number of nitrogens with two attached hydrogens (primary N) is 1. The van der Waals surface area contributed by atoms with Crippen LogP contribution in [0.4, 0.5) is 5.69 Å². The standard InChI is InChI=1S/C16H17BrN2OS/c1-9-13(6-11(17)7-14(9)18)16(20)19-8-12-5-10-3-2-4-15(10)21-12/h5-7H,2-4,8,18H2,1H3,(H,19,20). The third-order valence-electron chi connectivity index (χ3n) is 3.88. The van der Waals surface area contributed by atoms with Gasteiger partial charge < -0.3 is 11.1 Å². The molecule has 21 heavy (non-hydrogen) atoms. The summed E-state index contributed by atoms with van der Waals surface area (Å²) in [6, 6.07) is 5.86. The van der Waals surface area contributed by atoms with Crippen molar-refractivity contribution in [2.24, 2.45) is 0 Å². The van der Waals surface area contributed by atoms with Gasteiger partial charge in [0.15, 0.2) is 0 Å². The van der Waals surface area contributed by atoms with Crippen LogP contribution in [0.15, 0.2) is 22.7 Å². The highest BCUT2D eigenvalue weighted by Crippen LogP contribution is 2.30. The van der Waals surface area contributed by atoms with Crippen LogP contribution in [-0.2, 0) is 19.4 Å². The quantitative estimate of drug-likeness (QED) is 0.813. The van der Waals surface area contributed by atoms with E-state index >= 15 is 0 Å². The normalized spacial score (nSPS) is 13.2. The van der Waals surface area contributed by atoms with Gasteiger partial charge in [0.2, 0.25) is 0 Å². The van der Waals surface area contributed by atoms with Gasteiger partial charge in [0.25, 0.3) is 5.91 Å². The van der Waals surface area contributed by atoms with Crippen molar-refractivity contribution in [1.82, 2.24) is 5.32 Å². The van der Waals surface area contributed by atoms with Crippen molar-refractivity contribution in [2.75, 3.05) is 5.73 Å². The molecule has 5 heteroatoms. The molecule has 0 radical (unpaired) electrons. The van der Waals surface area contributed by atoms with Gasteiger partial charge in [-0.3, -0.25) is 4.79 Å². The molecule has 3 N–H and O–H groups in total. The topological polar surface area (TPSA) is 55.1 Å². The Labute approximate surface area is 136 Å². The van der Waals surface area contributed by atoms with Crippen LogP contribution >= 0.6 is 27.3 Å². The summed E-state index contributed by atoms with van der Waals surface area (Å²) in [5, 5.41) is 2.99. The molecule has 1 amide bonds. The summed E-state index contributed by atoms with van der Waals surface area (Å²) in [6.07, 6.45) is 3.64. The average Bonchev–Trinajstić information content (AvgIpc) is 3.01. The van der Waals surface area contributed by atoms with E-state index in [9.17, 15) is 4.79 Å². The number of carbonyl (C=O) groups is 1. The second-order valence-electron chi connectivity index (χ2n) is 5.36. The molecule has 1 aliphatic carbocycles. The van der Waals surface area contributed by atoms with Gasteiger partial charge in [0.1, 0.15) is 0 Å². The first-order valence-electron chi connectivity index (χ1n) is 6.99. The molecule has 1 aromatic carbocycles. The zero-order valence-corrected chi connectivity index (χ0v) is 14.2. The van der Waals surface area contributed by atoms with E-state index in [0.717, 1.165) is 10.0 Å². The number of benzene rings is 1. The molecular weight excluding hydrogens is 348 g/mol. The van der Waals surface area contributed by atoms with Crippen molar-refractivity contribution in [2.45, 2.75) is 32.7 Å². The van der Waals surface area contributed by atoms with Crippen LogP contribution < -0.4 is 11.1 Å². The molecule has 0 atom stereocenters. The number of rotatable bonds is 3. The van der Waals surface area contributed by atoms with E-state index in [4.69, 9.17) is 5.73 Å². The maximum absolute atomic E-state index is 12.3. The molecule has 0 aliphatic heterocycles. The summed E-state index contributed by atoms with van der Waals surface area (Å²) < 4.78 is 0.825. The number of anilines is 1. The Morgan fingerprint density at radius 3 is 2.95 bits per heavy atom. The lowest BCUT2D eigenvalue weighted by Crippen LogP contribution is -2.23. The SMILES string of the molecule is Cc1c(N)cc(Br)cc1C(=O)NCc1cc2c(s1)CCC2. The Hall–Kier alpha value is -1.33. The predicted octanol–water partition coefficient (Wildman–Crippen LogP) is 3.82. The Kier molecular flexibility index (Phi) is 4.04. The van der Waals surface area contributed by atoms with Crippen LogP contribution in [0.3, 0.4) is 0 Å². The number of hydrogen-bond donors (Lipinski definition) is 2. The van der Waals surface area contributed by atoms with Crippen molar-refractivity contribution >= 4 is 38.9 Å². The minimum Gasteiger partial charge on any atom is -0.398 e. The summed E-state index contributed by atoms with van der Waals surface area (Å²) in [6.45, 7) is 2.46. The number of fused-ring (bicyclic) bond motifs is 1. The fraction of sp³-hybridized carbons (Fsp3) is 0.312. The predicted molar refractivity (Wildman–Crippen MR) is 90.8 cm³/mol. The number of thiophene rings is 1. The number of amides is 1. The van der Waals surface area contributed by atoms with Crippen LogP contribution in [0.1, 0.15) is 37.7 Å². The lowest BCUT2D eigenvalue weighted by Gasteiger charge is -2.10. The van der Waals surface area contributed by atoms with Gasteiger partial charge in [-0.1, -0.05) is 15.9 Å². The largest absolute Gasteiger partial charge is 0.398 e. The number of hydrogen-bond acceptors (Lipinski definition) is 3. The second-order valence-corrected chi connectivity index (χ2v) is 7.50. The maximum Gasteiger partial charge on any atom is 0.251 e. The first-order chi connectivity index (χ1) is 10.0. The van der Waals surface area contributed by atoms with Crippen molar-refractivity contribution in [3.8, 4) is 0 Å². The van der Waals surface area contributed by atoms with Gasteiger partial charge in [-0.2, -0.15) is 0 Å². The van der Waals surface area contributed by atoms with E-state index in [1.165, 1.54) is 34.6 Å². The van der Waals surface area contributed by atoms with Crippen LogP contribution in [-0.4, -0.2) is 5.91 Å². The molecule has 3 nitrogen and oxygen atoms in total. The number of nitrogens with one attached hydrogen (secondary N) is 1. The summed E-state index contributed by atoms with van der Waals surface area (Å²) in [5.74, 6) is -0.0749. The van der Waals surface area contributed by atoms with Crippen molar-refractivity contribution < 1.29 is 4.79 Å². The molecular formula is C16H17BrN2OS. The van der Waals surface area contributed by atoms with Gasteiger partial charge in [-0.25, -0.2) is 0 Å². The minimum atomic E-state index is -0.0749. The van der Waals surface area contributed by atoms with Gasteiger partial charge >= 0.3 is 0 Å². The Bertz CT molecular complexity index is 687. The fourth-order valence-electron chi connectivity index (χ4n) is 2.68. The maximum atomic E-state index is 12.3. The number of nitrogen functional groups attached to an aromatic ring is 1. The van der Waals surface area contributed by atoms with Crippen molar-refractivity contribution in [1.29, 1.82) is 0 Å². The molecule has 1 aromatic heterocycles.